The molecule has 2 rings (SSSR count). The van der Waals surface area contributed by atoms with E-state index in [1.165, 1.54) is 24.7 Å². The summed E-state index contributed by atoms with van der Waals surface area (Å²) < 4.78 is 0. The second-order valence-corrected chi connectivity index (χ2v) is 7.74. The van der Waals surface area contributed by atoms with Gasteiger partial charge in [-0.25, -0.2) is 4.98 Å². The third-order valence-corrected chi connectivity index (χ3v) is 5.18. The molecule has 0 spiro atoms. The van der Waals surface area contributed by atoms with Crippen LogP contribution in [0.25, 0.3) is 0 Å². The standard InChI is InChI=1S/C16H22N4O.C10H19N/c1-3-7-20(4-2)13-5-6-15(17)14(8-13)16-10-18-12(11-21)9-19-16;1-2-3-4-5-6-7-8-9-10-11/h5-6,8-11,14-15H,3-4,7,17H2,1-2H3;2,5-6H,1,3-4,7-11H2/b;6-5+. The highest BCUT2D eigenvalue weighted by atomic mass is 16.1. The number of nitrogens with zero attached hydrogens (tertiary/aromatic N) is 3. The van der Waals surface area contributed by atoms with Crippen molar-refractivity contribution in [2.75, 3.05) is 19.6 Å². The largest absolute Gasteiger partial charge is 0.372 e. The fourth-order valence-corrected chi connectivity index (χ4v) is 3.35. The maximum absolute atomic E-state index is 10.7. The molecular weight excluding hydrogens is 398 g/mol. The molecular formula is C26H41N5O. The van der Waals surface area contributed by atoms with Crippen molar-refractivity contribution in [1.82, 2.24) is 14.9 Å². The molecule has 0 aromatic carbocycles. The van der Waals surface area contributed by atoms with E-state index in [2.05, 4.69) is 59.6 Å². The normalized spacial score (nSPS) is 17.4. The van der Waals surface area contributed by atoms with Crippen LogP contribution < -0.4 is 11.5 Å². The third kappa shape index (κ3) is 10.2. The number of hydrogen-bond acceptors (Lipinski definition) is 6. The summed E-state index contributed by atoms with van der Waals surface area (Å²) in [7, 11) is 0. The minimum atomic E-state index is -0.120. The quantitative estimate of drug-likeness (QED) is 0.266. The third-order valence-electron chi connectivity index (χ3n) is 5.18. The number of aromatic nitrogens is 2. The Bertz CT molecular complexity index is 739. The molecule has 32 heavy (non-hydrogen) atoms. The molecule has 2 unspecified atom stereocenters. The van der Waals surface area contributed by atoms with Crippen molar-refractivity contribution < 1.29 is 4.79 Å². The average Bonchev–Trinajstić information content (AvgIpc) is 2.83. The molecule has 0 aliphatic heterocycles. The van der Waals surface area contributed by atoms with E-state index in [1.54, 1.807) is 6.20 Å². The lowest BCUT2D eigenvalue weighted by Gasteiger charge is -2.29. The van der Waals surface area contributed by atoms with Crippen LogP contribution in [0.4, 0.5) is 0 Å². The van der Waals surface area contributed by atoms with Gasteiger partial charge in [0.25, 0.3) is 0 Å². The topological polar surface area (TPSA) is 98.1 Å². The molecule has 1 aromatic heterocycles. The second kappa shape index (κ2) is 17.0. The first-order valence-corrected chi connectivity index (χ1v) is 11.7. The highest BCUT2D eigenvalue weighted by Gasteiger charge is 2.22. The van der Waals surface area contributed by atoms with Gasteiger partial charge < -0.3 is 16.4 Å². The SMILES string of the molecule is C=CCC/C=C/CCCCN.CCCN(CC)C1=CC(c2cnc(C=O)cn2)C(N)C=C1. The Hall–Kier alpha value is -2.57. The molecule has 0 bridgehead atoms. The van der Waals surface area contributed by atoms with E-state index >= 15 is 0 Å². The van der Waals surface area contributed by atoms with Crippen LogP contribution in [0, 0.1) is 0 Å². The summed E-state index contributed by atoms with van der Waals surface area (Å²) in [6.45, 7) is 10.8. The molecule has 4 N–H and O–H groups in total. The lowest BCUT2D eigenvalue weighted by atomic mass is 9.91. The van der Waals surface area contributed by atoms with Crippen molar-refractivity contribution in [2.45, 2.75) is 64.3 Å². The van der Waals surface area contributed by atoms with Gasteiger partial charge in [-0.15, -0.1) is 6.58 Å². The van der Waals surface area contributed by atoms with E-state index in [-0.39, 0.29) is 12.0 Å². The summed E-state index contributed by atoms with van der Waals surface area (Å²) in [6.07, 6.45) is 23.3. The zero-order chi connectivity index (χ0) is 23.6. The Kier molecular flexibility index (Phi) is 14.6. The summed E-state index contributed by atoms with van der Waals surface area (Å²) in [6, 6.07) is -0.120. The van der Waals surface area contributed by atoms with Gasteiger partial charge in [-0.1, -0.05) is 37.3 Å². The molecule has 6 nitrogen and oxygen atoms in total. The van der Waals surface area contributed by atoms with Crippen molar-refractivity contribution in [2.24, 2.45) is 11.5 Å². The molecule has 6 heteroatoms. The van der Waals surface area contributed by atoms with Crippen molar-refractivity contribution in [3.63, 3.8) is 0 Å². The second-order valence-electron chi connectivity index (χ2n) is 7.74. The van der Waals surface area contributed by atoms with Gasteiger partial charge in [-0.2, -0.15) is 0 Å². The fourth-order valence-electron chi connectivity index (χ4n) is 3.35. The Morgan fingerprint density at radius 3 is 2.50 bits per heavy atom. The maximum atomic E-state index is 10.7. The molecule has 0 amide bonds. The summed E-state index contributed by atoms with van der Waals surface area (Å²) in [5.41, 5.74) is 13.8. The number of unbranched alkanes of at least 4 members (excludes halogenated alkanes) is 3. The number of nitrogens with two attached hydrogens (primary N) is 2. The molecule has 0 fully saturated rings. The first-order valence-electron chi connectivity index (χ1n) is 11.7. The smallest absolute Gasteiger partial charge is 0.170 e. The molecule has 0 radical (unpaired) electrons. The molecule has 0 saturated carbocycles. The average molecular weight is 440 g/mol. The van der Waals surface area contributed by atoms with Gasteiger partial charge in [0.05, 0.1) is 11.9 Å². The number of carbonyl (C=O) groups excluding carboxylic acids is 1. The van der Waals surface area contributed by atoms with Crippen LogP contribution >= 0.6 is 0 Å². The van der Waals surface area contributed by atoms with Gasteiger partial charge in [0, 0.05) is 36.9 Å². The van der Waals surface area contributed by atoms with Gasteiger partial charge in [-0.3, -0.25) is 9.78 Å². The van der Waals surface area contributed by atoms with E-state index < -0.39 is 0 Å². The van der Waals surface area contributed by atoms with E-state index in [9.17, 15) is 4.79 Å². The number of hydrogen-bond donors (Lipinski definition) is 2. The van der Waals surface area contributed by atoms with Gasteiger partial charge in [-0.05, 0) is 58.1 Å². The van der Waals surface area contributed by atoms with Crippen LogP contribution in [0.1, 0.15) is 74.5 Å². The lowest BCUT2D eigenvalue weighted by Crippen LogP contribution is -2.31. The van der Waals surface area contributed by atoms with Crippen LogP contribution in [0.15, 0.2) is 61.1 Å². The maximum Gasteiger partial charge on any atom is 0.170 e. The van der Waals surface area contributed by atoms with Crippen LogP contribution in [0.5, 0.6) is 0 Å². The van der Waals surface area contributed by atoms with E-state index in [0.717, 1.165) is 51.0 Å². The van der Waals surface area contributed by atoms with E-state index in [1.807, 2.05) is 12.2 Å². The Morgan fingerprint density at radius 2 is 1.91 bits per heavy atom. The van der Waals surface area contributed by atoms with Gasteiger partial charge in [0.2, 0.25) is 0 Å². The van der Waals surface area contributed by atoms with Crippen molar-refractivity contribution >= 4 is 6.29 Å². The Balaban J connectivity index is 0.000000396. The fraction of sp³-hybridized carbons (Fsp3) is 0.500. The summed E-state index contributed by atoms with van der Waals surface area (Å²) in [4.78, 5) is 21.4. The molecule has 1 aromatic rings. The number of allylic oxidation sites excluding steroid dienone is 4. The van der Waals surface area contributed by atoms with Gasteiger partial charge in [0.15, 0.2) is 6.29 Å². The number of aldehydes is 1. The number of rotatable bonds is 13. The van der Waals surface area contributed by atoms with Crippen molar-refractivity contribution in [1.29, 1.82) is 0 Å². The zero-order valence-corrected chi connectivity index (χ0v) is 19.8. The number of likely N-dealkylation sites (N-methyl/N-ethyl adjacent to an activating group) is 1. The predicted molar refractivity (Wildman–Crippen MR) is 134 cm³/mol. The number of carbonyl (C=O) groups is 1. The van der Waals surface area contributed by atoms with E-state index in [0.29, 0.717) is 12.0 Å². The minimum Gasteiger partial charge on any atom is -0.372 e. The Morgan fingerprint density at radius 1 is 1.12 bits per heavy atom. The highest BCUT2D eigenvalue weighted by Crippen LogP contribution is 2.26. The monoisotopic (exact) mass is 439 g/mol. The first kappa shape index (κ1) is 27.5. The molecule has 0 saturated heterocycles. The van der Waals surface area contributed by atoms with Crippen molar-refractivity contribution in [3.8, 4) is 0 Å². The predicted octanol–water partition coefficient (Wildman–Crippen LogP) is 4.52. The molecule has 2 atom stereocenters. The lowest BCUT2D eigenvalue weighted by molar-refractivity contribution is 0.111. The summed E-state index contributed by atoms with van der Waals surface area (Å²) >= 11 is 0. The molecule has 1 heterocycles. The first-order chi connectivity index (χ1) is 15.6. The Labute approximate surface area is 194 Å². The summed E-state index contributed by atoms with van der Waals surface area (Å²) in [5.74, 6) is -0.0101. The van der Waals surface area contributed by atoms with Crippen LogP contribution in [0.3, 0.4) is 0 Å². The molecule has 1 aliphatic carbocycles. The van der Waals surface area contributed by atoms with Gasteiger partial charge in [0.1, 0.15) is 5.69 Å². The van der Waals surface area contributed by atoms with Gasteiger partial charge >= 0.3 is 0 Å². The molecule has 176 valence electrons. The van der Waals surface area contributed by atoms with Crippen LogP contribution in [-0.4, -0.2) is 46.8 Å². The van der Waals surface area contributed by atoms with Crippen LogP contribution in [0.2, 0.25) is 0 Å². The highest BCUT2D eigenvalue weighted by molar-refractivity contribution is 5.70. The van der Waals surface area contributed by atoms with E-state index in [4.69, 9.17) is 11.5 Å². The molecule has 1 aliphatic rings. The van der Waals surface area contributed by atoms with Crippen molar-refractivity contribution in [3.05, 3.63) is 72.5 Å². The minimum absolute atomic E-state index is 0.0101. The van der Waals surface area contributed by atoms with Crippen LogP contribution in [-0.2, 0) is 0 Å². The zero-order valence-electron chi connectivity index (χ0n) is 19.8. The summed E-state index contributed by atoms with van der Waals surface area (Å²) in [5, 5.41) is 0.